The molecule has 0 bridgehead atoms. The summed E-state index contributed by atoms with van der Waals surface area (Å²) in [7, 11) is 0. The minimum atomic E-state index is -1.52. The first kappa shape index (κ1) is 17.2. The van der Waals surface area contributed by atoms with Crippen molar-refractivity contribution in [3.8, 4) is 0 Å². The lowest BCUT2D eigenvalue weighted by molar-refractivity contribution is -0.140. The molecule has 0 spiro atoms. The largest absolute Gasteiger partial charge is 0.466 e. The molecule has 0 aliphatic carbocycles. The normalized spacial score (nSPS) is 14.1. The Bertz CT molecular complexity index is 623. The highest BCUT2D eigenvalue weighted by molar-refractivity contribution is 7.10. The fraction of sp³-hybridized carbons (Fsp3) is 0.375. The van der Waals surface area contributed by atoms with Crippen LogP contribution in [0.3, 0.4) is 0 Å². The minimum absolute atomic E-state index is 0.169. The van der Waals surface area contributed by atoms with E-state index in [0.717, 1.165) is 0 Å². The maximum absolute atomic E-state index is 11.9. The highest BCUT2D eigenvalue weighted by atomic mass is 32.1. The molecule has 0 saturated heterocycles. The van der Waals surface area contributed by atoms with Gasteiger partial charge in [0.15, 0.2) is 5.60 Å². The molecule has 2 amide bonds. The van der Waals surface area contributed by atoms with Crippen LogP contribution >= 0.6 is 11.3 Å². The Morgan fingerprint density at radius 2 is 1.96 bits per heavy atom. The van der Waals surface area contributed by atoms with Gasteiger partial charge in [-0.2, -0.15) is 0 Å². The molecule has 1 atom stereocenters. The Balaban J connectivity index is 2.12. The van der Waals surface area contributed by atoms with E-state index in [1.165, 1.54) is 17.6 Å². The molecule has 6 nitrogen and oxygen atoms in total. The number of carbonyl (C=O) groups excluding carboxylic acids is 2. The van der Waals surface area contributed by atoms with Crippen molar-refractivity contribution in [1.29, 1.82) is 0 Å². The third-order valence-electron chi connectivity index (χ3n) is 3.06. The van der Waals surface area contributed by atoms with Gasteiger partial charge < -0.3 is 20.2 Å². The number of aliphatic hydroxyl groups is 1. The second-order valence-corrected chi connectivity index (χ2v) is 7.15. The summed E-state index contributed by atoms with van der Waals surface area (Å²) in [4.78, 5) is 24.4. The van der Waals surface area contributed by atoms with E-state index in [9.17, 15) is 14.7 Å². The van der Waals surface area contributed by atoms with Crippen LogP contribution in [0.4, 0.5) is 0 Å². The summed E-state index contributed by atoms with van der Waals surface area (Å²) in [6.07, 6.45) is 1.45. The first-order valence-electron chi connectivity index (χ1n) is 7.13. The Morgan fingerprint density at radius 1 is 1.22 bits per heavy atom. The molecule has 2 aromatic rings. The molecule has 1 unspecified atom stereocenters. The van der Waals surface area contributed by atoms with Crippen LogP contribution in [0.25, 0.3) is 0 Å². The number of nitrogens with one attached hydrogen (secondary N) is 2. The first-order chi connectivity index (χ1) is 10.7. The monoisotopic (exact) mass is 336 g/mol. The van der Waals surface area contributed by atoms with Gasteiger partial charge in [-0.3, -0.25) is 9.59 Å². The van der Waals surface area contributed by atoms with Crippen molar-refractivity contribution in [1.82, 2.24) is 10.6 Å². The zero-order chi connectivity index (χ0) is 17.1. The molecule has 2 rings (SSSR count). The topological polar surface area (TPSA) is 91.6 Å². The van der Waals surface area contributed by atoms with Gasteiger partial charge in [0.25, 0.3) is 0 Å². The van der Waals surface area contributed by atoms with Crippen LogP contribution in [0.5, 0.6) is 0 Å². The van der Waals surface area contributed by atoms with Crippen LogP contribution in [0.15, 0.2) is 40.3 Å². The summed E-state index contributed by atoms with van der Waals surface area (Å²) >= 11 is 1.34. The number of hydrogen-bond acceptors (Lipinski definition) is 5. The van der Waals surface area contributed by atoms with Crippen LogP contribution in [0.1, 0.15) is 31.4 Å². The second-order valence-electron chi connectivity index (χ2n) is 6.20. The Morgan fingerprint density at radius 3 is 2.48 bits per heavy atom. The molecule has 0 saturated carbocycles. The molecular weight excluding hydrogens is 316 g/mol. The van der Waals surface area contributed by atoms with Crippen LogP contribution < -0.4 is 10.6 Å². The van der Waals surface area contributed by atoms with Gasteiger partial charge in [0.05, 0.1) is 12.8 Å². The zero-order valence-electron chi connectivity index (χ0n) is 13.3. The predicted molar refractivity (Wildman–Crippen MR) is 86.9 cm³/mol. The summed E-state index contributed by atoms with van der Waals surface area (Å²) in [6.45, 7) is 5.17. The SMILES string of the molecule is CC(C)(C)NC(=O)C(=O)NCC(O)(c1ccco1)c1cccs1. The number of rotatable bonds is 4. The second kappa shape index (κ2) is 6.55. The summed E-state index contributed by atoms with van der Waals surface area (Å²) in [6, 6.07) is 6.82. The van der Waals surface area contributed by atoms with Crippen LogP contribution in [-0.2, 0) is 15.2 Å². The van der Waals surface area contributed by atoms with Gasteiger partial charge in [0, 0.05) is 10.4 Å². The molecule has 23 heavy (non-hydrogen) atoms. The average molecular weight is 336 g/mol. The molecule has 7 heteroatoms. The van der Waals surface area contributed by atoms with E-state index in [4.69, 9.17) is 4.42 Å². The molecule has 0 aliphatic rings. The highest BCUT2D eigenvalue weighted by Crippen LogP contribution is 2.32. The van der Waals surface area contributed by atoms with Gasteiger partial charge in [-0.25, -0.2) is 0 Å². The first-order valence-corrected chi connectivity index (χ1v) is 8.01. The van der Waals surface area contributed by atoms with Crippen LogP contribution in [0.2, 0.25) is 0 Å². The molecule has 3 N–H and O–H groups in total. The lowest BCUT2D eigenvalue weighted by Gasteiger charge is -2.25. The van der Waals surface area contributed by atoms with Crippen molar-refractivity contribution in [3.63, 3.8) is 0 Å². The number of hydrogen-bond donors (Lipinski definition) is 3. The molecule has 0 aromatic carbocycles. The quantitative estimate of drug-likeness (QED) is 0.740. The summed E-state index contributed by atoms with van der Waals surface area (Å²) in [5, 5.41) is 17.8. The van der Waals surface area contributed by atoms with Gasteiger partial charge in [-0.1, -0.05) is 6.07 Å². The minimum Gasteiger partial charge on any atom is -0.466 e. The van der Waals surface area contributed by atoms with Crippen molar-refractivity contribution in [3.05, 3.63) is 46.5 Å². The average Bonchev–Trinajstić information content (AvgIpc) is 3.14. The Labute approximate surface area is 138 Å². The lowest BCUT2D eigenvalue weighted by atomic mass is 9.98. The van der Waals surface area contributed by atoms with E-state index in [1.807, 2.05) is 5.38 Å². The van der Waals surface area contributed by atoms with Crippen molar-refractivity contribution < 1.29 is 19.1 Å². The molecular formula is C16H20N2O4S. The number of carbonyl (C=O) groups is 2. The van der Waals surface area contributed by atoms with Crippen molar-refractivity contribution in [2.75, 3.05) is 6.54 Å². The van der Waals surface area contributed by atoms with Gasteiger partial charge in [0.2, 0.25) is 0 Å². The highest BCUT2D eigenvalue weighted by Gasteiger charge is 2.36. The molecule has 0 radical (unpaired) electrons. The molecule has 2 heterocycles. The molecule has 0 fully saturated rings. The van der Waals surface area contributed by atoms with E-state index in [1.54, 1.807) is 45.0 Å². The fourth-order valence-electron chi connectivity index (χ4n) is 2.01. The molecule has 2 aromatic heterocycles. The molecule has 0 aliphatic heterocycles. The van der Waals surface area contributed by atoms with E-state index in [0.29, 0.717) is 10.6 Å². The standard InChI is InChI=1S/C16H20N2O4S/c1-15(2,3)18-14(20)13(19)17-10-16(21,11-6-4-8-22-11)12-7-5-9-23-12/h4-9,21H,10H2,1-3H3,(H,17,19)(H,18,20). The van der Waals surface area contributed by atoms with Gasteiger partial charge in [-0.05, 0) is 44.4 Å². The van der Waals surface area contributed by atoms with Crippen LogP contribution in [0, 0.1) is 0 Å². The maximum Gasteiger partial charge on any atom is 0.309 e. The van der Waals surface area contributed by atoms with E-state index in [2.05, 4.69) is 10.6 Å². The molecule has 124 valence electrons. The van der Waals surface area contributed by atoms with E-state index >= 15 is 0 Å². The number of furan rings is 1. The third-order valence-corrected chi connectivity index (χ3v) is 4.08. The fourth-order valence-corrected chi connectivity index (χ4v) is 2.84. The third kappa shape index (κ3) is 4.20. The van der Waals surface area contributed by atoms with Gasteiger partial charge in [-0.15, -0.1) is 11.3 Å². The number of amides is 2. The summed E-state index contributed by atoms with van der Waals surface area (Å²) < 4.78 is 5.30. The number of thiophene rings is 1. The Kier molecular flexibility index (Phi) is 4.91. The van der Waals surface area contributed by atoms with E-state index in [-0.39, 0.29) is 6.54 Å². The van der Waals surface area contributed by atoms with Gasteiger partial charge in [0.1, 0.15) is 5.76 Å². The van der Waals surface area contributed by atoms with Crippen molar-refractivity contribution in [2.24, 2.45) is 0 Å². The predicted octanol–water partition coefficient (Wildman–Crippen LogP) is 1.61. The van der Waals surface area contributed by atoms with Crippen molar-refractivity contribution in [2.45, 2.75) is 31.9 Å². The summed E-state index contributed by atoms with van der Waals surface area (Å²) in [5.41, 5.74) is -2.03. The van der Waals surface area contributed by atoms with Crippen LogP contribution in [-0.4, -0.2) is 29.0 Å². The lowest BCUT2D eigenvalue weighted by Crippen LogP contribution is -2.50. The summed E-state index contributed by atoms with van der Waals surface area (Å²) in [5.74, 6) is -1.25. The zero-order valence-corrected chi connectivity index (χ0v) is 14.1. The Hall–Kier alpha value is -2.12. The van der Waals surface area contributed by atoms with E-state index < -0.39 is 23.0 Å². The smallest absolute Gasteiger partial charge is 0.309 e. The maximum atomic E-state index is 11.9. The van der Waals surface area contributed by atoms with Gasteiger partial charge >= 0.3 is 11.8 Å². The van der Waals surface area contributed by atoms with Crippen molar-refractivity contribution >= 4 is 23.2 Å².